The van der Waals surface area contributed by atoms with Crippen molar-refractivity contribution < 1.29 is 18.9 Å². The normalized spacial score (nSPS) is 18.6. The second-order valence-electron chi connectivity index (χ2n) is 8.60. The summed E-state index contributed by atoms with van der Waals surface area (Å²) in [5.74, 6) is 3.06. The molecule has 2 aliphatic heterocycles. The Bertz CT molecular complexity index is 1230. The Balaban J connectivity index is 1.53. The van der Waals surface area contributed by atoms with Crippen LogP contribution in [0.1, 0.15) is 49.2 Å². The number of hydrogen-bond donors (Lipinski definition) is 0. The predicted molar refractivity (Wildman–Crippen MR) is 135 cm³/mol. The second-order valence-corrected chi connectivity index (χ2v) is 9.52. The molecule has 6 nitrogen and oxygen atoms in total. The van der Waals surface area contributed by atoms with Gasteiger partial charge >= 0.3 is 0 Å². The van der Waals surface area contributed by atoms with E-state index in [9.17, 15) is 0 Å². The predicted octanol–water partition coefficient (Wildman–Crippen LogP) is 6.50. The number of benzene rings is 3. The lowest BCUT2D eigenvalue weighted by Gasteiger charge is -2.38. The first-order valence-corrected chi connectivity index (χ1v) is 12.1. The van der Waals surface area contributed by atoms with Gasteiger partial charge in [-0.1, -0.05) is 15.9 Å². The summed E-state index contributed by atoms with van der Waals surface area (Å²) in [7, 11) is 3.27. The van der Waals surface area contributed by atoms with Gasteiger partial charge in [0.1, 0.15) is 11.5 Å². The van der Waals surface area contributed by atoms with Crippen molar-refractivity contribution in [2.75, 3.05) is 14.2 Å². The molecule has 2 atom stereocenters. The Labute approximate surface area is 208 Å². The minimum atomic E-state index is -0.389. The summed E-state index contributed by atoms with van der Waals surface area (Å²) in [5, 5.41) is 7.11. The molecule has 34 heavy (non-hydrogen) atoms. The fourth-order valence-electron chi connectivity index (χ4n) is 4.46. The molecule has 0 saturated carbocycles. The van der Waals surface area contributed by atoms with E-state index in [4.69, 9.17) is 24.0 Å². The number of nitrogens with zero attached hydrogens (tertiary/aromatic N) is 2. The van der Waals surface area contributed by atoms with Crippen molar-refractivity contribution in [2.45, 2.75) is 38.6 Å². The second kappa shape index (κ2) is 9.22. The van der Waals surface area contributed by atoms with Gasteiger partial charge in [-0.25, -0.2) is 5.01 Å². The monoisotopic (exact) mass is 522 g/mol. The summed E-state index contributed by atoms with van der Waals surface area (Å²) in [6.07, 6.45) is 0.526. The van der Waals surface area contributed by atoms with Crippen LogP contribution in [0, 0.1) is 0 Å². The molecule has 3 aromatic carbocycles. The Morgan fingerprint density at radius 3 is 2.44 bits per heavy atom. The van der Waals surface area contributed by atoms with Gasteiger partial charge < -0.3 is 18.9 Å². The smallest absolute Gasteiger partial charge is 0.214 e. The molecule has 0 N–H and O–H groups in total. The van der Waals surface area contributed by atoms with Crippen molar-refractivity contribution in [1.82, 2.24) is 5.01 Å². The van der Waals surface area contributed by atoms with E-state index < -0.39 is 0 Å². The van der Waals surface area contributed by atoms with Crippen LogP contribution in [0.3, 0.4) is 0 Å². The van der Waals surface area contributed by atoms with Crippen molar-refractivity contribution in [3.05, 3.63) is 81.8 Å². The van der Waals surface area contributed by atoms with E-state index in [0.29, 0.717) is 11.5 Å². The van der Waals surface area contributed by atoms with Gasteiger partial charge in [-0.05, 0) is 80.1 Å². The van der Waals surface area contributed by atoms with E-state index in [1.807, 2.05) is 56.3 Å². The van der Waals surface area contributed by atoms with Crippen LogP contribution in [0.15, 0.2) is 70.2 Å². The van der Waals surface area contributed by atoms with Gasteiger partial charge in [0.2, 0.25) is 6.23 Å². The Morgan fingerprint density at radius 2 is 1.74 bits per heavy atom. The van der Waals surface area contributed by atoms with E-state index in [-0.39, 0.29) is 18.4 Å². The first-order valence-electron chi connectivity index (χ1n) is 11.3. The van der Waals surface area contributed by atoms with Crippen molar-refractivity contribution in [3.63, 3.8) is 0 Å². The van der Waals surface area contributed by atoms with Gasteiger partial charge in [0.05, 0.1) is 32.1 Å². The Kier molecular flexibility index (Phi) is 6.13. The van der Waals surface area contributed by atoms with Crippen molar-refractivity contribution in [1.29, 1.82) is 0 Å². The van der Waals surface area contributed by atoms with Crippen LogP contribution in [0.4, 0.5) is 0 Å². The number of rotatable bonds is 6. The first-order chi connectivity index (χ1) is 16.5. The maximum atomic E-state index is 6.49. The molecule has 0 saturated heterocycles. The lowest BCUT2D eigenvalue weighted by Crippen LogP contribution is -2.33. The molecule has 0 spiro atoms. The number of methoxy groups -OCH3 is 2. The van der Waals surface area contributed by atoms with Crippen LogP contribution in [0.25, 0.3) is 0 Å². The third kappa shape index (κ3) is 4.20. The summed E-state index contributed by atoms with van der Waals surface area (Å²) in [6.45, 7) is 4.05. The summed E-state index contributed by atoms with van der Waals surface area (Å²) in [4.78, 5) is 0. The van der Waals surface area contributed by atoms with E-state index >= 15 is 0 Å². The van der Waals surface area contributed by atoms with Crippen molar-refractivity contribution in [2.24, 2.45) is 5.10 Å². The number of halogens is 1. The van der Waals surface area contributed by atoms with Crippen LogP contribution >= 0.6 is 15.9 Å². The third-order valence-corrected chi connectivity index (χ3v) is 6.50. The van der Waals surface area contributed by atoms with Crippen LogP contribution in [-0.4, -0.2) is 31.0 Å². The molecule has 7 heteroatoms. The average molecular weight is 523 g/mol. The van der Waals surface area contributed by atoms with E-state index in [2.05, 4.69) is 39.1 Å². The van der Waals surface area contributed by atoms with Gasteiger partial charge in [0.15, 0.2) is 11.5 Å². The number of ether oxygens (including phenoxy) is 4. The SMILES string of the molecule is COc1ccc([C@H]2Oc3ccc(Br)cc3[C@@H]3CC(c4ccc(OC(C)C)cc4)=NN23)cc1OC. The molecule has 0 fully saturated rings. The number of hydrazone groups is 1. The van der Waals surface area contributed by atoms with Crippen molar-refractivity contribution in [3.8, 4) is 23.0 Å². The minimum Gasteiger partial charge on any atom is -0.493 e. The van der Waals surface area contributed by atoms with Gasteiger partial charge in [0, 0.05) is 22.0 Å². The summed E-state index contributed by atoms with van der Waals surface area (Å²) in [5.41, 5.74) is 4.16. The minimum absolute atomic E-state index is 0.0564. The van der Waals surface area contributed by atoms with E-state index in [0.717, 1.165) is 44.8 Å². The van der Waals surface area contributed by atoms with Gasteiger partial charge in [-0.3, -0.25) is 0 Å². The molecule has 0 amide bonds. The van der Waals surface area contributed by atoms with E-state index in [1.165, 1.54) is 0 Å². The lowest BCUT2D eigenvalue weighted by atomic mass is 9.96. The Morgan fingerprint density at radius 1 is 0.971 bits per heavy atom. The molecule has 0 aliphatic carbocycles. The van der Waals surface area contributed by atoms with Crippen LogP contribution in [0.2, 0.25) is 0 Å². The highest BCUT2D eigenvalue weighted by Crippen LogP contribution is 2.49. The highest BCUT2D eigenvalue weighted by molar-refractivity contribution is 9.10. The molecular formula is C27H27BrN2O4. The van der Waals surface area contributed by atoms with Gasteiger partial charge in [0.25, 0.3) is 0 Å². The van der Waals surface area contributed by atoms with E-state index in [1.54, 1.807) is 14.2 Å². The quantitative estimate of drug-likeness (QED) is 0.370. The van der Waals surface area contributed by atoms with Gasteiger partial charge in [-0.15, -0.1) is 0 Å². The molecular weight excluding hydrogens is 496 g/mol. The molecule has 5 rings (SSSR count). The Hall–Kier alpha value is -3.19. The maximum absolute atomic E-state index is 6.49. The first kappa shape index (κ1) is 22.6. The molecule has 0 aromatic heterocycles. The lowest BCUT2D eigenvalue weighted by molar-refractivity contribution is -0.0192. The zero-order valence-electron chi connectivity index (χ0n) is 19.6. The third-order valence-electron chi connectivity index (χ3n) is 6.00. The fourth-order valence-corrected chi connectivity index (χ4v) is 4.84. The van der Waals surface area contributed by atoms with Gasteiger partial charge in [-0.2, -0.15) is 5.10 Å². The summed E-state index contributed by atoms with van der Waals surface area (Å²) < 4.78 is 24.3. The molecule has 176 valence electrons. The highest BCUT2D eigenvalue weighted by atomic mass is 79.9. The molecule has 0 radical (unpaired) electrons. The molecule has 2 heterocycles. The molecule has 0 unspecified atom stereocenters. The van der Waals surface area contributed by atoms with Crippen LogP contribution in [0.5, 0.6) is 23.0 Å². The zero-order valence-corrected chi connectivity index (χ0v) is 21.2. The average Bonchev–Trinajstić information content (AvgIpc) is 3.29. The largest absolute Gasteiger partial charge is 0.493 e. The number of fused-ring (bicyclic) bond motifs is 3. The summed E-state index contributed by atoms with van der Waals surface area (Å²) >= 11 is 3.61. The fraction of sp³-hybridized carbons (Fsp3) is 0.296. The molecule has 0 bridgehead atoms. The summed E-state index contributed by atoms with van der Waals surface area (Å²) in [6, 6.07) is 20.2. The van der Waals surface area contributed by atoms with Crippen molar-refractivity contribution >= 4 is 21.6 Å². The molecule has 3 aromatic rings. The zero-order chi connectivity index (χ0) is 23.8. The maximum Gasteiger partial charge on any atom is 0.214 e. The standard InChI is InChI=1S/C27H27BrN2O4/c1-16(2)33-20-9-5-17(6-10-20)22-15-23-21-14-19(28)8-12-24(21)34-27(30(23)29-22)18-7-11-25(31-3)26(13-18)32-4/h5-14,16,23,27H,15H2,1-4H3/t23-,27+/m0/s1. The topological polar surface area (TPSA) is 52.5 Å². The molecule has 2 aliphatic rings. The number of hydrogen-bond acceptors (Lipinski definition) is 6. The highest BCUT2D eigenvalue weighted by Gasteiger charge is 2.41. The van der Waals surface area contributed by atoms with Crippen LogP contribution in [-0.2, 0) is 0 Å². The van der Waals surface area contributed by atoms with Crippen LogP contribution < -0.4 is 18.9 Å².